The summed E-state index contributed by atoms with van der Waals surface area (Å²) < 4.78 is 63.2. The highest BCUT2D eigenvalue weighted by atomic mass is 19.3. The third-order valence-corrected chi connectivity index (χ3v) is 8.54. The van der Waals surface area contributed by atoms with E-state index in [1.807, 2.05) is 45.2 Å². The lowest BCUT2D eigenvalue weighted by Crippen LogP contribution is -2.59. The standard InChI is InChI=1S/C33H41F3N6O3/c1-7-20(2)45-22(4)26-29(27(34)21(3)28-24-11-9-8-10-23(24)16-25(39-28)43-6)40-31(41-30(26)38-14-13-37-5)44-19-32-12-15-42(32)18-33(35,36)17-32/h8-11,16,20,37H,3,7,12-15,17-19H2,1-2,4-6H3,(H,38,40,41)/b26-22-,29-27-. The van der Waals surface area contributed by atoms with E-state index in [0.29, 0.717) is 48.3 Å². The molecule has 2 aromatic heterocycles. The number of hydrogen-bond donors (Lipinski definition) is 2. The maximum absolute atomic E-state index is 16.9. The maximum atomic E-state index is 16.9. The van der Waals surface area contributed by atoms with Crippen molar-refractivity contribution in [3.63, 3.8) is 0 Å². The van der Waals surface area contributed by atoms with E-state index in [-0.39, 0.29) is 54.1 Å². The lowest BCUT2D eigenvalue weighted by molar-refractivity contribution is -0.0134. The van der Waals surface area contributed by atoms with E-state index >= 15 is 4.39 Å². The molecule has 3 aromatic rings. The van der Waals surface area contributed by atoms with Gasteiger partial charge in [0, 0.05) is 43.1 Å². The molecule has 45 heavy (non-hydrogen) atoms. The van der Waals surface area contributed by atoms with Crippen LogP contribution in [0.3, 0.4) is 0 Å². The van der Waals surface area contributed by atoms with Crippen LogP contribution in [0.25, 0.3) is 27.9 Å². The number of rotatable bonds is 13. The summed E-state index contributed by atoms with van der Waals surface area (Å²) in [6.45, 7) is 11.0. The Morgan fingerprint density at radius 1 is 1.18 bits per heavy atom. The minimum atomic E-state index is -2.79. The first-order chi connectivity index (χ1) is 21.5. The molecule has 2 fully saturated rings. The number of methoxy groups -OCH3 is 1. The molecule has 1 aromatic carbocycles. The van der Waals surface area contributed by atoms with Crippen molar-refractivity contribution in [2.24, 2.45) is 0 Å². The Morgan fingerprint density at radius 3 is 2.62 bits per heavy atom. The van der Waals surface area contributed by atoms with Crippen molar-refractivity contribution in [2.75, 3.05) is 52.3 Å². The largest absolute Gasteiger partial charge is 0.495 e. The molecule has 2 unspecified atom stereocenters. The Kier molecular flexibility index (Phi) is 9.54. The third kappa shape index (κ3) is 6.72. The van der Waals surface area contributed by atoms with Gasteiger partial charge in [-0.05, 0) is 39.1 Å². The molecule has 0 amide bonds. The summed E-state index contributed by atoms with van der Waals surface area (Å²) in [6, 6.07) is 9.05. The summed E-state index contributed by atoms with van der Waals surface area (Å²) >= 11 is 0. The number of benzene rings is 1. The Hall–Kier alpha value is -3.90. The number of alkyl halides is 2. The van der Waals surface area contributed by atoms with E-state index < -0.39 is 17.3 Å². The Bertz CT molecular complexity index is 1700. The summed E-state index contributed by atoms with van der Waals surface area (Å²) in [6.07, 6.45) is 0.822. The van der Waals surface area contributed by atoms with Crippen molar-refractivity contribution in [2.45, 2.75) is 57.6 Å². The van der Waals surface area contributed by atoms with Gasteiger partial charge in [-0.3, -0.25) is 4.90 Å². The number of pyridine rings is 1. The van der Waals surface area contributed by atoms with Gasteiger partial charge >= 0.3 is 6.01 Å². The summed E-state index contributed by atoms with van der Waals surface area (Å²) in [4.78, 5) is 15.4. The van der Waals surface area contributed by atoms with Crippen molar-refractivity contribution in [3.8, 4) is 11.9 Å². The van der Waals surface area contributed by atoms with Gasteiger partial charge in [-0.25, -0.2) is 18.2 Å². The molecule has 0 aliphatic carbocycles. The second-order valence-electron chi connectivity index (χ2n) is 11.7. The second-order valence-corrected chi connectivity index (χ2v) is 11.7. The van der Waals surface area contributed by atoms with E-state index in [1.54, 1.807) is 17.9 Å². The SMILES string of the molecule is C=C(/C(F)=c1/nc(OCC23CCN2CC(F)(F)C3)nc(NCCNC)/c1=C(/C)OC(C)CC)c1nc(OC)cc2ccccc12. The molecule has 12 heteroatoms. The van der Waals surface area contributed by atoms with Gasteiger partial charge in [-0.1, -0.05) is 37.8 Å². The molecule has 2 N–H and O–H groups in total. The molecule has 0 spiro atoms. The van der Waals surface area contributed by atoms with Crippen LogP contribution in [0, 0.1) is 0 Å². The van der Waals surface area contributed by atoms with Crippen molar-refractivity contribution in [3.05, 3.63) is 53.2 Å². The van der Waals surface area contributed by atoms with Crippen LogP contribution in [-0.4, -0.2) is 84.4 Å². The first kappa shape index (κ1) is 32.5. The lowest BCUT2D eigenvalue weighted by Gasteiger charge is -2.46. The molecule has 0 saturated carbocycles. The molecular formula is C33H41F3N6O3. The summed E-state index contributed by atoms with van der Waals surface area (Å²) in [5, 5.41) is 8.00. The lowest BCUT2D eigenvalue weighted by atomic mass is 9.85. The fraction of sp³-hybridized carbons (Fsp3) is 0.485. The van der Waals surface area contributed by atoms with Gasteiger partial charge in [0.2, 0.25) is 5.88 Å². The van der Waals surface area contributed by atoms with Gasteiger partial charge in [0.05, 0.1) is 36.2 Å². The molecule has 2 aliphatic heterocycles. The van der Waals surface area contributed by atoms with Gasteiger partial charge in [0.15, 0.2) is 5.83 Å². The number of likely N-dealkylation sites (N-methyl/N-ethyl adjacent to an activating group) is 1. The number of nitrogens with one attached hydrogen (secondary N) is 2. The van der Waals surface area contributed by atoms with E-state index in [2.05, 4.69) is 32.2 Å². The topological polar surface area (TPSA) is 93.7 Å². The van der Waals surface area contributed by atoms with E-state index in [0.717, 1.165) is 11.8 Å². The first-order valence-electron chi connectivity index (χ1n) is 15.2. The van der Waals surface area contributed by atoms with Crippen molar-refractivity contribution in [1.29, 1.82) is 0 Å². The molecule has 4 heterocycles. The van der Waals surface area contributed by atoms with E-state index in [4.69, 9.17) is 14.2 Å². The molecule has 242 valence electrons. The predicted molar refractivity (Wildman–Crippen MR) is 169 cm³/mol. The number of aromatic nitrogens is 3. The van der Waals surface area contributed by atoms with Gasteiger partial charge in [0.1, 0.15) is 23.5 Å². The van der Waals surface area contributed by atoms with Crippen LogP contribution in [0.4, 0.5) is 19.0 Å². The van der Waals surface area contributed by atoms with Crippen LogP contribution in [0.2, 0.25) is 0 Å². The van der Waals surface area contributed by atoms with Crippen LogP contribution in [-0.2, 0) is 4.74 Å². The number of nitrogens with zero attached hydrogens (tertiary/aromatic N) is 4. The fourth-order valence-corrected chi connectivity index (χ4v) is 5.89. The average Bonchev–Trinajstić information content (AvgIpc) is 3.21. The Labute approximate surface area is 261 Å². The smallest absolute Gasteiger partial charge is 0.319 e. The van der Waals surface area contributed by atoms with Crippen LogP contribution >= 0.6 is 0 Å². The summed E-state index contributed by atoms with van der Waals surface area (Å²) in [5.74, 6) is -2.55. The van der Waals surface area contributed by atoms with E-state index in [9.17, 15) is 8.78 Å². The predicted octanol–water partition coefficient (Wildman–Crippen LogP) is 4.26. The second kappa shape index (κ2) is 13.2. The highest BCUT2D eigenvalue weighted by Gasteiger charge is 2.59. The highest BCUT2D eigenvalue weighted by molar-refractivity contribution is 6.02. The molecular weight excluding hydrogens is 585 g/mol. The quantitative estimate of drug-likeness (QED) is 0.270. The van der Waals surface area contributed by atoms with Gasteiger partial charge in [-0.2, -0.15) is 9.97 Å². The van der Waals surface area contributed by atoms with Crippen molar-refractivity contribution in [1.82, 2.24) is 25.2 Å². The maximum Gasteiger partial charge on any atom is 0.319 e. The Morgan fingerprint density at radius 2 is 1.96 bits per heavy atom. The molecule has 2 atom stereocenters. The number of ether oxygens (including phenoxy) is 3. The molecule has 2 aliphatic rings. The summed E-state index contributed by atoms with van der Waals surface area (Å²) in [5.41, 5.74) is -0.535. The van der Waals surface area contributed by atoms with Crippen LogP contribution < -0.4 is 30.7 Å². The zero-order valence-electron chi connectivity index (χ0n) is 26.5. The first-order valence-corrected chi connectivity index (χ1v) is 15.2. The Balaban J connectivity index is 1.68. The van der Waals surface area contributed by atoms with Crippen LogP contribution in [0.1, 0.15) is 45.7 Å². The van der Waals surface area contributed by atoms with Crippen LogP contribution in [0.15, 0.2) is 36.9 Å². The minimum absolute atomic E-state index is 0.0206. The molecule has 9 nitrogen and oxygen atoms in total. The minimum Gasteiger partial charge on any atom is -0.495 e. The van der Waals surface area contributed by atoms with Crippen molar-refractivity contribution < 1.29 is 27.4 Å². The van der Waals surface area contributed by atoms with Crippen LogP contribution in [0.5, 0.6) is 11.9 Å². The normalized spacial score (nSPS) is 21.0. The highest BCUT2D eigenvalue weighted by Crippen LogP contribution is 2.47. The molecule has 2 saturated heterocycles. The molecule has 0 bridgehead atoms. The van der Waals surface area contributed by atoms with Gasteiger partial charge in [-0.15, -0.1) is 0 Å². The number of halogens is 3. The zero-order valence-corrected chi connectivity index (χ0v) is 26.5. The van der Waals surface area contributed by atoms with E-state index in [1.165, 1.54) is 7.11 Å². The average molecular weight is 627 g/mol. The van der Waals surface area contributed by atoms with Gasteiger partial charge in [0.25, 0.3) is 5.92 Å². The number of fused-ring (bicyclic) bond motifs is 2. The summed E-state index contributed by atoms with van der Waals surface area (Å²) in [7, 11) is 3.31. The monoisotopic (exact) mass is 626 g/mol. The number of allylic oxidation sites excluding steroid dienone is 1. The third-order valence-electron chi connectivity index (χ3n) is 8.54. The zero-order chi connectivity index (χ0) is 32.4. The molecule has 5 rings (SSSR count). The van der Waals surface area contributed by atoms with Crippen molar-refractivity contribution >= 4 is 33.7 Å². The van der Waals surface area contributed by atoms with Gasteiger partial charge < -0.3 is 24.8 Å². The fourth-order valence-electron chi connectivity index (χ4n) is 5.89. The molecule has 0 radical (unpaired) electrons. The number of hydrogen-bond acceptors (Lipinski definition) is 9. The number of anilines is 1.